The first-order chi connectivity index (χ1) is 19.4. The van der Waals surface area contributed by atoms with E-state index in [0.717, 1.165) is 59.0 Å². The van der Waals surface area contributed by atoms with E-state index < -0.39 is 0 Å². The monoisotopic (exact) mass is 545 g/mol. The lowest BCUT2D eigenvalue weighted by Gasteiger charge is -2.47. The number of benzene rings is 2. The summed E-state index contributed by atoms with van der Waals surface area (Å²) in [5.74, 6) is 2.27. The van der Waals surface area contributed by atoms with E-state index in [1.165, 1.54) is 19.3 Å². The molecule has 2 aliphatic carbocycles. The van der Waals surface area contributed by atoms with Crippen molar-refractivity contribution in [3.8, 4) is 0 Å². The number of ether oxygens (including phenoxy) is 1. The molecule has 2 aromatic carbocycles. The first kappa shape index (κ1) is 31.3. The van der Waals surface area contributed by atoms with E-state index in [1.54, 1.807) is 12.4 Å². The second-order valence-corrected chi connectivity index (χ2v) is 11.2. The molecule has 6 nitrogen and oxygen atoms in total. The molecule has 5 rings (SSSR count). The largest absolute Gasteiger partial charge is 0.460 e. The van der Waals surface area contributed by atoms with Crippen molar-refractivity contribution < 1.29 is 14.3 Å². The third-order valence-corrected chi connectivity index (χ3v) is 8.12. The Kier molecular flexibility index (Phi) is 12.1. The number of aromatic nitrogens is 1. The van der Waals surface area contributed by atoms with E-state index in [1.807, 2.05) is 68.4 Å². The summed E-state index contributed by atoms with van der Waals surface area (Å²) in [6, 6.07) is 17.6. The van der Waals surface area contributed by atoms with Gasteiger partial charge in [-0.15, -0.1) is 0 Å². The van der Waals surface area contributed by atoms with Crippen LogP contribution in [0.5, 0.6) is 0 Å². The number of pyridine rings is 1. The second-order valence-electron chi connectivity index (χ2n) is 11.2. The maximum absolute atomic E-state index is 12.8. The number of amides is 1. The summed E-state index contributed by atoms with van der Waals surface area (Å²) in [6.07, 6.45) is 10.8. The first-order valence-corrected chi connectivity index (χ1v) is 15.0. The van der Waals surface area contributed by atoms with Gasteiger partial charge >= 0.3 is 5.97 Å². The second kappa shape index (κ2) is 15.5. The van der Waals surface area contributed by atoms with Gasteiger partial charge in [0.05, 0.1) is 5.41 Å². The van der Waals surface area contributed by atoms with E-state index in [0.29, 0.717) is 19.6 Å². The molecule has 0 spiro atoms. The van der Waals surface area contributed by atoms with Gasteiger partial charge in [0, 0.05) is 36.4 Å². The zero-order valence-corrected chi connectivity index (χ0v) is 24.7. The van der Waals surface area contributed by atoms with Crippen LogP contribution >= 0.6 is 0 Å². The summed E-state index contributed by atoms with van der Waals surface area (Å²) >= 11 is 0. The quantitative estimate of drug-likeness (QED) is 0.299. The molecule has 0 radical (unpaired) electrons. The van der Waals surface area contributed by atoms with Gasteiger partial charge in [-0.3, -0.25) is 14.6 Å². The van der Waals surface area contributed by atoms with E-state index >= 15 is 0 Å². The Labute approximate surface area is 240 Å². The van der Waals surface area contributed by atoms with Crippen LogP contribution in [0.3, 0.4) is 0 Å². The number of nitrogens with one attached hydrogen (secondary N) is 1. The molecule has 6 heteroatoms. The van der Waals surface area contributed by atoms with E-state index in [4.69, 9.17) is 10.5 Å². The van der Waals surface area contributed by atoms with Crippen molar-refractivity contribution in [2.75, 3.05) is 11.9 Å². The Bertz CT molecular complexity index is 1200. The third-order valence-electron chi connectivity index (χ3n) is 8.12. The number of fused-ring (bicyclic) bond motifs is 3. The van der Waals surface area contributed by atoms with Crippen molar-refractivity contribution in [2.24, 2.45) is 28.9 Å². The number of esters is 1. The summed E-state index contributed by atoms with van der Waals surface area (Å²) < 4.78 is 5.71. The van der Waals surface area contributed by atoms with Crippen molar-refractivity contribution in [1.29, 1.82) is 0 Å². The predicted octanol–water partition coefficient (Wildman–Crippen LogP) is 7.52. The topological polar surface area (TPSA) is 94.3 Å². The number of carbonyl (C=O) groups is 2. The maximum atomic E-state index is 12.8. The van der Waals surface area contributed by atoms with Gasteiger partial charge in [0.15, 0.2) is 0 Å². The number of rotatable bonds is 7. The van der Waals surface area contributed by atoms with Crippen molar-refractivity contribution in [2.45, 2.75) is 79.2 Å². The number of carbonyl (C=O) groups excluding carboxylic acids is 2. The Morgan fingerprint density at radius 2 is 1.70 bits per heavy atom. The molecule has 1 heterocycles. The van der Waals surface area contributed by atoms with Crippen LogP contribution in [0.25, 0.3) is 10.8 Å². The molecule has 2 saturated carbocycles. The average Bonchev–Trinajstić information content (AvgIpc) is 2.97. The summed E-state index contributed by atoms with van der Waals surface area (Å²) in [6.45, 7) is 9.30. The SMILES string of the molecule is CC.CCC1(C(=O)OCc2ccccc2)CC2CC(C)CC(C2)C1.NCCC(=O)Nc1ccc2cnccc2c1. The molecule has 2 fully saturated rings. The van der Waals surface area contributed by atoms with Crippen LogP contribution in [0.2, 0.25) is 0 Å². The normalized spacial score (nSPS) is 23.1. The van der Waals surface area contributed by atoms with Crippen molar-refractivity contribution in [3.05, 3.63) is 72.6 Å². The minimum Gasteiger partial charge on any atom is -0.460 e. The van der Waals surface area contributed by atoms with Crippen molar-refractivity contribution >= 4 is 28.3 Å². The van der Waals surface area contributed by atoms with E-state index in [9.17, 15) is 9.59 Å². The molecule has 1 amide bonds. The van der Waals surface area contributed by atoms with Crippen LogP contribution in [0.4, 0.5) is 5.69 Å². The number of nitrogens with zero attached hydrogens (tertiary/aromatic N) is 1. The minimum atomic E-state index is -0.220. The van der Waals surface area contributed by atoms with Crippen LogP contribution in [0.15, 0.2) is 67.0 Å². The van der Waals surface area contributed by atoms with Crippen LogP contribution in [-0.4, -0.2) is 23.4 Å². The molecule has 2 unspecified atom stereocenters. The average molecular weight is 546 g/mol. The molecular weight excluding hydrogens is 498 g/mol. The predicted molar refractivity (Wildman–Crippen MR) is 164 cm³/mol. The highest BCUT2D eigenvalue weighted by molar-refractivity contribution is 5.94. The van der Waals surface area contributed by atoms with E-state index in [2.05, 4.69) is 24.1 Å². The minimum absolute atomic E-state index is 0.0445. The molecule has 0 aliphatic heterocycles. The smallest absolute Gasteiger partial charge is 0.312 e. The third kappa shape index (κ3) is 8.62. The first-order valence-electron chi connectivity index (χ1n) is 15.0. The molecule has 0 saturated heterocycles. The van der Waals surface area contributed by atoms with Gasteiger partial charge in [0.25, 0.3) is 0 Å². The van der Waals surface area contributed by atoms with Gasteiger partial charge in [-0.1, -0.05) is 64.1 Å². The molecular formula is C34H47N3O3. The van der Waals surface area contributed by atoms with Gasteiger partial charge < -0.3 is 15.8 Å². The molecule has 3 aromatic rings. The highest BCUT2D eigenvalue weighted by Crippen LogP contribution is 2.52. The molecule has 3 N–H and O–H groups in total. The van der Waals surface area contributed by atoms with Crippen LogP contribution in [0.1, 0.15) is 78.2 Å². The molecule has 40 heavy (non-hydrogen) atoms. The standard InChI is InChI=1S/C20H28O2.C12H13N3O.C2H6/c1-3-20(12-17-9-15(2)10-18(11-17)13-20)19(21)22-14-16-7-5-4-6-8-16;13-5-3-12(16)15-11-2-1-10-8-14-6-4-9(10)7-11;1-2/h4-8,15,17-18H,3,9-14H2,1-2H3;1-2,4,6-8H,3,5,13H2,(H,15,16);1-2H3. The maximum Gasteiger partial charge on any atom is 0.312 e. The lowest BCUT2D eigenvalue weighted by atomic mass is 9.58. The summed E-state index contributed by atoms with van der Waals surface area (Å²) in [4.78, 5) is 28.2. The molecule has 1 aromatic heterocycles. The summed E-state index contributed by atoms with van der Waals surface area (Å²) in [5, 5.41) is 4.91. The summed E-state index contributed by atoms with van der Waals surface area (Å²) in [7, 11) is 0. The number of hydrogen-bond donors (Lipinski definition) is 2. The molecule has 2 aliphatic rings. The fourth-order valence-electron chi connectivity index (χ4n) is 6.41. The van der Waals surface area contributed by atoms with Gasteiger partial charge in [-0.05, 0) is 85.4 Å². The molecule has 2 bridgehead atoms. The fourth-order valence-corrected chi connectivity index (χ4v) is 6.41. The zero-order valence-electron chi connectivity index (χ0n) is 24.7. The molecule has 2 atom stereocenters. The Balaban J connectivity index is 0.000000217. The Hall–Kier alpha value is -3.25. The van der Waals surface area contributed by atoms with Crippen LogP contribution in [-0.2, 0) is 20.9 Å². The zero-order chi connectivity index (χ0) is 29.0. The lowest BCUT2D eigenvalue weighted by molar-refractivity contribution is -0.164. The van der Waals surface area contributed by atoms with E-state index in [-0.39, 0.29) is 17.3 Å². The van der Waals surface area contributed by atoms with Crippen LogP contribution in [0, 0.1) is 23.2 Å². The lowest BCUT2D eigenvalue weighted by Crippen LogP contribution is -2.43. The van der Waals surface area contributed by atoms with Gasteiger partial charge in [0.1, 0.15) is 6.61 Å². The Morgan fingerprint density at radius 1 is 1.00 bits per heavy atom. The molecule has 216 valence electrons. The number of anilines is 1. The van der Waals surface area contributed by atoms with Gasteiger partial charge in [-0.25, -0.2) is 0 Å². The van der Waals surface area contributed by atoms with Crippen LogP contribution < -0.4 is 11.1 Å². The number of hydrogen-bond acceptors (Lipinski definition) is 5. The Morgan fingerprint density at radius 3 is 2.35 bits per heavy atom. The highest BCUT2D eigenvalue weighted by Gasteiger charge is 2.48. The fraction of sp³-hybridized carbons (Fsp3) is 0.500. The highest BCUT2D eigenvalue weighted by atomic mass is 16.5. The van der Waals surface area contributed by atoms with Gasteiger partial charge in [0.2, 0.25) is 5.91 Å². The number of nitrogens with two attached hydrogens (primary N) is 1. The van der Waals surface area contributed by atoms with Crippen molar-refractivity contribution in [1.82, 2.24) is 4.98 Å². The van der Waals surface area contributed by atoms with Gasteiger partial charge in [-0.2, -0.15) is 0 Å². The van der Waals surface area contributed by atoms with Crippen molar-refractivity contribution in [3.63, 3.8) is 0 Å². The summed E-state index contributed by atoms with van der Waals surface area (Å²) in [5.41, 5.74) is 6.95.